The van der Waals surface area contributed by atoms with E-state index in [4.69, 9.17) is 23.7 Å². The van der Waals surface area contributed by atoms with Gasteiger partial charge >= 0.3 is 5.97 Å². The molecule has 1 fully saturated rings. The Balaban J connectivity index is 1.49. The Labute approximate surface area is 219 Å². The molecule has 0 amide bonds. The predicted octanol–water partition coefficient (Wildman–Crippen LogP) is 5.83. The van der Waals surface area contributed by atoms with E-state index in [0.29, 0.717) is 39.1 Å². The van der Waals surface area contributed by atoms with Gasteiger partial charge in [-0.1, -0.05) is 97.9 Å². The molecule has 37 heavy (non-hydrogen) atoms. The molecule has 1 aliphatic rings. The highest BCUT2D eigenvalue weighted by Crippen LogP contribution is 2.29. The van der Waals surface area contributed by atoms with Crippen LogP contribution < -0.4 is 0 Å². The largest absolute Gasteiger partial charge is 0.436 e. The molecule has 1 aliphatic heterocycles. The molecule has 1 heterocycles. The van der Waals surface area contributed by atoms with Crippen molar-refractivity contribution in [2.45, 2.75) is 70.6 Å². The van der Waals surface area contributed by atoms with Crippen molar-refractivity contribution in [2.24, 2.45) is 0 Å². The highest BCUT2D eigenvalue weighted by atomic mass is 16.7. The van der Waals surface area contributed by atoms with Gasteiger partial charge in [0.1, 0.15) is 12.2 Å². The summed E-state index contributed by atoms with van der Waals surface area (Å²) in [6.45, 7) is 3.51. The highest BCUT2D eigenvalue weighted by molar-refractivity contribution is 5.69. The van der Waals surface area contributed by atoms with E-state index in [-0.39, 0.29) is 18.7 Å². The monoisotopic (exact) mass is 504 g/mol. The van der Waals surface area contributed by atoms with Gasteiger partial charge in [0.2, 0.25) is 6.29 Å². The van der Waals surface area contributed by atoms with Crippen molar-refractivity contribution in [1.29, 1.82) is 0 Å². The number of hydrogen-bond acceptors (Lipinski definition) is 6. The van der Waals surface area contributed by atoms with Crippen molar-refractivity contribution in [3.8, 4) is 0 Å². The molecule has 3 aromatic rings. The minimum atomic E-state index is -0.721. The Morgan fingerprint density at radius 1 is 0.784 bits per heavy atom. The summed E-state index contributed by atoms with van der Waals surface area (Å²) in [4.78, 5) is 12.3. The number of benzene rings is 3. The van der Waals surface area contributed by atoms with E-state index in [1.807, 2.05) is 97.9 Å². The topological polar surface area (TPSA) is 63.2 Å². The van der Waals surface area contributed by atoms with Gasteiger partial charge in [0, 0.05) is 12.8 Å². The zero-order valence-corrected chi connectivity index (χ0v) is 21.4. The van der Waals surface area contributed by atoms with E-state index in [1.54, 1.807) is 0 Å². The first kappa shape index (κ1) is 27.0. The zero-order valence-electron chi connectivity index (χ0n) is 21.4. The lowest BCUT2D eigenvalue weighted by Crippen LogP contribution is -2.53. The second kappa shape index (κ2) is 14.6. The number of esters is 1. The molecule has 4 atom stereocenters. The fraction of sp³-hybridized carbons (Fsp3) is 0.387. The van der Waals surface area contributed by atoms with Gasteiger partial charge in [0.15, 0.2) is 0 Å². The van der Waals surface area contributed by atoms with Crippen LogP contribution in [0.25, 0.3) is 0 Å². The van der Waals surface area contributed by atoms with Gasteiger partial charge in [-0.25, -0.2) is 0 Å². The lowest BCUT2D eigenvalue weighted by atomic mass is 10.0. The van der Waals surface area contributed by atoms with Gasteiger partial charge in [0.25, 0.3) is 0 Å². The van der Waals surface area contributed by atoms with Crippen LogP contribution in [0, 0.1) is 0 Å². The molecular formula is C31H36O6. The molecule has 3 aromatic carbocycles. The summed E-state index contributed by atoms with van der Waals surface area (Å²) < 4.78 is 30.8. The Hall–Kier alpha value is -3.03. The summed E-state index contributed by atoms with van der Waals surface area (Å²) in [7, 11) is 0. The van der Waals surface area contributed by atoms with Gasteiger partial charge in [-0.05, 0) is 23.1 Å². The quantitative estimate of drug-likeness (QED) is 0.273. The maximum Gasteiger partial charge on any atom is 0.308 e. The summed E-state index contributed by atoms with van der Waals surface area (Å²) in [6.07, 6.45) is -0.493. The van der Waals surface area contributed by atoms with Crippen LogP contribution in [0.4, 0.5) is 0 Å². The minimum absolute atomic E-state index is 0.276. The van der Waals surface area contributed by atoms with Gasteiger partial charge in [-0.15, -0.1) is 0 Å². The second-order valence-corrected chi connectivity index (χ2v) is 9.18. The lowest BCUT2D eigenvalue weighted by molar-refractivity contribution is -0.272. The van der Waals surface area contributed by atoms with Gasteiger partial charge in [0.05, 0.1) is 32.5 Å². The molecule has 1 unspecified atom stereocenters. The Kier molecular flexibility index (Phi) is 10.7. The molecule has 0 bridgehead atoms. The van der Waals surface area contributed by atoms with Crippen molar-refractivity contribution < 1.29 is 28.5 Å². The van der Waals surface area contributed by atoms with E-state index in [1.165, 1.54) is 0 Å². The number of carbonyl (C=O) groups is 1. The summed E-state index contributed by atoms with van der Waals surface area (Å²) in [5.41, 5.74) is 3.19. The standard InChI is InChI=1S/C31H36O6/c1-2-12-29(32)37-30-19-27(34-21-25-15-8-4-9-16-25)31(35-22-26-17-10-5-11-18-26)28(36-30)23-33-20-24-13-6-3-7-14-24/h3-11,13-18,27-28,30-31H,2,12,19-23H2,1H3/t27-,28+,30?,31+/m0/s1. The number of carbonyl (C=O) groups excluding carboxylic acids is 1. The molecule has 0 aliphatic carbocycles. The van der Waals surface area contributed by atoms with E-state index in [0.717, 1.165) is 16.7 Å². The van der Waals surface area contributed by atoms with Crippen LogP contribution in [0.3, 0.4) is 0 Å². The summed E-state index contributed by atoms with van der Waals surface area (Å²) in [5.74, 6) is -0.276. The van der Waals surface area contributed by atoms with Crippen molar-refractivity contribution in [1.82, 2.24) is 0 Å². The normalized spacial score (nSPS) is 21.4. The molecule has 0 spiro atoms. The summed E-state index contributed by atoms with van der Waals surface area (Å²) >= 11 is 0. The lowest BCUT2D eigenvalue weighted by Gasteiger charge is -2.41. The van der Waals surface area contributed by atoms with Gasteiger partial charge < -0.3 is 23.7 Å². The average molecular weight is 505 g/mol. The van der Waals surface area contributed by atoms with Crippen molar-refractivity contribution in [3.63, 3.8) is 0 Å². The molecule has 196 valence electrons. The van der Waals surface area contributed by atoms with Crippen molar-refractivity contribution >= 4 is 5.97 Å². The molecule has 0 aromatic heterocycles. The van der Waals surface area contributed by atoms with Gasteiger partial charge in [-0.3, -0.25) is 4.79 Å². The van der Waals surface area contributed by atoms with Crippen LogP contribution in [0.15, 0.2) is 91.0 Å². The molecule has 0 saturated carbocycles. The molecule has 0 radical (unpaired) electrons. The first-order valence-electron chi connectivity index (χ1n) is 13.0. The molecule has 6 nitrogen and oxygen atoms in total. The third-order valence-corrected chi connectivity index (χ3v) is 6.19. The first-order chi connectivity index (χ1) is 18.2. The number of rotatable bonds is 13. The second-order valence-electron chi connectivity index (χ2n) is 9.18. The van der Waals surface area contributed by atoms with Crippen LogP contribution in [0.2, 0.25) is 0 Å². The van der Waals surface area contributed by atoms with Gasteiger partial charge in [-0.2, -0.15) is 0 Å². The van der Waals surface area contributed by atoms with E-state index < -0.39 is 18.5 Å². The Morgan fingerprint density at radius 2 is 1.32 bits per heavy atom. The van der Waals surface area contributed by atoms with Crippen LogP contribution in [0.1, 0.15) is 42.9 Å². The van der Waals surface area contributed by atoms with Crippen LogP contribution in [-0.4, -0.2) is 37.2 Å². The SMILES string of the molecule is CCCC(=O)OC1C[C@H](OCc2ccccc2)[C@@H](OCc2ccccc2)[C@@H](COCc2ccccc2)O1. The van der Waals surface area contributed by atoms with Crippen LogP contribution >= 0.6 is 0 Å². The molecular weight excluding hydrogens is 468 g/mol. The zero-order chi connectivity index (χ0) is 25.7. The highest BCUT2D eigenvalue weighted by Gasteiger charge is 2.42. The Bertz CT molecular complexity index is 1040. The smallest absolute Gasteiger partial charge is 0.308 e. The fourth-order valence-electron chi connectivity index (χ4n) is 4.30. The molecule has 0 N–H and O–H groups in total. The Morgan fingerprint density at radius 3 is 1.89 bits per heavy atom. The summed E-state index contributed by atoms with van der Waals surface area (Å²) in [5, 5.41) is 0. The first-order valence-corrected chi connectivity index (χ1v) is 13.0. The average Bonchev–Trinajstić information content (AvgIpc) is 2.93. The maximum absolute atomic E-state index is 12.3. The fourth-order valence-corrected chi connectivity index (χ4v) is 4.30. The van der Waals surface area contributed by atoms with Crippen LogP contribution in [0.5, 0.6) is 0 Å². The molecule has 4 rings (SSSR count). The molecule has 1 saturated heterocycles. The van der Waals surface area contributed by atoms with Crippen LogP contribution in [-0.2, 0) is 48.3 Å². The van der Waals surface area contributed by atoms with E-state index in [2.05, 4.69) is 0 Å². The predicted molar refractivity (Wildman–Crippen MR) is 140 cm³/mol. The third-order valence-electron chi connectivity index (χ3n) is 6.19. The van der Waals surface area contributed by atoms with Crippen molar-refractivity contribution in [2.75, 3.05) is 6.61 Å². The van der Waals surface area contributed by atoms with E-state index >= 15 is 0 Å². The van der Waals surface area contributed by atoms with Crippen molar-refractivity contribution in [3.05, 3.63) is 108 Å². The third kappa shape index (κ3) is 8.79. The number of ether oxygens (including phenoxy) is 5. The number of hydrogen-bond donors (Lipinski definition) is 0. The minimum Gasteiger partial charge on any atom is -0.436 e. The summed E-state index contributed by atoms with van der Waals surface area (Å²) in [6, 6.07) is 30.0. The van der Waals surface area contributed by atoms with E-state index in [9.17, 15) is 4.79 Å². The maximum atomic E-state index is 12.3. The molecule has 6 heteroatoms.